The van der Waals surface area contributed by atoms with Crippen LogP contribution in [-0.2, 0) is 9.63 Å². The summed E-state index contributed by atoms with van der Waals surface area (Å²) in [5.74, 6) is -0.536. The van der Waals surface area contributed by atoms with Gasteiger partial charge in [-0.15, -0.1) is 0 Å². The molecule has 0 bridgehead atoms. The summed E-state index contributed by atoms with van der Waals surface area (Å²) in [7, 11) is 0. The van der Waals surface area contributed by atoms with E-state index in [-0.39, 0.29) is 11.7 Å². The van der Waals surface area contributed by atoms with Crippen LogP contribution in [0.5, 0.6) is 0 Å². The van der Waals surface area contributed by atoms with Crippen LogP contribution in [0.1, 0.15) is 18.9 Å². The molecule has 1 aliphatic rings. The second kappa shape index (κ2) is 6.84. The van der Waals surface area contributed by atoms with Crippen molar-refractivity contribution in [3.8, 4) is 0 Å². The molecule has 1 atom stereocenters. The molecule has 0 fully saturated rings. The summed E-state index contributed by atoms with van der Waals surface area (Å²) in [5, 5.41) is 4.63. The molecule has 26 heavy (non-hydrogen) atoms. The molecule has 7 heteroatoms. The third kappa shape index (κ3) is 3.06. The number of hydrogen-bond donors (Lipinski definition) is 0. The monoisotopic (exact) mass is 369 g/mol. The Morgan fingerprint density at radius 3 is 2.92 bits per heavy atom. The van der Waals surface area contributed by atoms with Gasteiger partial charge in [-0.1, -0.05) is 40.8 Å². The summed E-state index contributed by atoms with van der Waals surface area (Å²) in [4.78, 5) is 24.4. The predicted octanol–water partition coefficient (Wildman–Crippen LogP) is 3.98. The van der Waals surface area contributed by atoms with Crippen molar-refractivity contribution in [1.82, 2.24) is 4.98 Å². The van der Waals surface area contributed by atoms with E-state index < -0.39 is 6.10 Å². The lowest BCUT2D eigenvalue weighted by Gasteiger charge is -2.20. The van der Waals surface area contributed by atoms with Crippen molar-refractivity contribution in [3.63, 3.8) is 0 Å². The Morgan fingerprint density at radius 2 is 2.15 bits per heavy atom. The van der Waals surface area contributed by atoms with Gasteiger partial charge in [0.2, 0.25) is 6.10 Å². The van der Waals surface area contributed by atoms with E-state index in [9.17, 15) is 9.18 Å². The zero-order valence-electron chi connectivity index (χ0n) is 14.1. The van der Waals surface area contributed by atoms with Crippen LogP contribution in [-0.4, -0.2) is 29.3 Å². The zero-order chi connectivity index (χ0) is 18.1. The minimum atomic E-state index is -0.722. The molecular weight excluding hydrogens is 353 g/mol. The molecular formula is C19H16FN3O2S. The normalized spacial score (nSPS) is 16.4. The number of carbonyl (C=O) groups is 1. The maximum atomic E-state index is 13.4. The SMILES string of the molecule is CCN(C(=O)[C@@H]1CC(c2cccc(F)c2)=NO1)c1nc2ccccc2s1. The van der Waals surface area contributed by atoms with Crippen molar-refractivity contribution in [2.45, 2.75) is 19.4 Å². The predicted molar refractivity (Wildman–Crippen MR) is 100 cm³/mol. The van der Waals surface area contributed by atoms with Gasteiger partial charge in [0.05, 0.1) is 15.9 Å². The van der Waals surface area contributed by atoms with E-state index >= 15 is 0 Å². The molecule has 0 saturated carbocycles. The van der Waals surface area contributed by atoms with Crippen LogP contribution in [0, 0.1) is 5.82 Å². The fourth-order valence-electron chi connectivity index (χ4n) is 2.88. The van der Waals surface area contributed by atoms with Crippen LogP contribution in [0.4, 0.5) is 9.52 Å². The summed E-state index contributed by atoms with van der Waals surface area (Å²) in [6.07, 6.45) is -0.413. The number of carbonyl (C=O) groups excluding carboxylic acids is 1. The van der Waals surface area contributed by atoms with Gasteiger partial charge in [-0.25, -0.2) is 9.37 Å². The van der Waals surface area contributed by atoms with Crippen molar-refractivity contribution >= 4 is 38.3 Å². The third-order valence-electron chi connectivity index (χ3n) is 4.20. The Labute approximate surface area is 153 Å². The van der Waals surface area contributed by atoms with Crippen LogP contribution in [0.2, 0.25) is 0 Å². The number of benzene rings is 2. The lowest BCUT2D eigenvalue weighted by Crippen LogP contribution is -2.39. The molecule has 0 radical (unpaired) electrons. The molecule has 3 aromatic rings. The van der Waals surface area contributed by atoms with E-state index in [1.807, 2.05) is 31.2 Å². The largest absolute Gasteiger partial charge is 0.382 e. The number of fused-ring (bicyclic) bond motifs is 1. The molecule has 4 rings (SSSR count). The van der Waals surface area contributed by atoms with Gasteiger partial charge in [0, 0.05) is 18.5 Å². The molecule has 2 aromatic carbocycles. The number of rotatable bonds is 4. The standard InChI is InChI=1S/C19H16FN3O2S/c1-2-23(19-21-14-8-3-4-9-17(14)26-19)18(24)16-11-15(22-25-16)12-6-5-7-13(20)10-12/h3-10,16H,2,11H2,1H3/t16-/m0/s1. The number of anilines is 1. The third-order valence-corrected chi connectivity index (χ3v) is 5.26. The van der Waals surface area contributed by atoms with E-state index in [0.717, 1.165) is 10.2 Å². The molecule has 132 valence electrons. The molecule has 0 spiro atoms. The maximum Gasteiger partial charge on any atom is 0.273 e. The van der Waals surface area contributed by atoms with Crippen LogP contribution < -0.4 is 4.90 Å². The summed E-state index contributed by atoms with van der Waals surface area (Å²) >= 11 is 1.47. The van der Waals surface area contributed by atoms with Crippen molar-refractivity contribution in [2.24, 2.45) is 5.16 Å². The second-order valence-electron chi connectivity index (χ2n) is 5.89. The lowest BCUT2D eigenvalue weighted by molar-refractivity contribution is -0.128. The molecule has 0 N–H and O–H groups in total. The average molecular weight is 369 g/mol. The lowest BCUT2D eigenvalue weighted by atomic mass is 10.0. The van der Waals surface area contributed by atoms with Gasteiger partial charge < -0.3 is 4.84 Å². The van der Waals surface area contributed by atoms with Gasteiger partial charge in [0.1, 0.15) is 5.82 Å². The number of aromatic nitrogens is 1. The van der Waals surface area contributed by atoms with Crippen LogP contribution in [0.3, 0.4) is 0 Å². The molecule has 1 aromatic heterocycles. The molecule has 0 aliphatic carbocycles. The zero-order valence-corrected chi connectivity index (χ0v) is 14.9. The number of halogens is 1. The number of para-hydroxylation sites is 1. The van der Waals surface area contributed by atoms with Crippen molar-refractivity contribution in [2.75, 3.05) is 11.4 Å². The molecule has 0 saturated heterocycles. The van der Waals surface area contributed by atoms with Gasteiger partial charge in [-0.05, 0) is 31.2 Å². The topological polar surface area (TPSA) is 54.8 Å². The first kappa shape index (κ1) is 16.7. The Balaban J connectivity index is 1.53. The first-order valence-electron chi connectivity index (χ1n) is 8.31. The number of hydrogen-bond acceptors (Lipinski definition) is 5. The minimum Gasteiger partial charge on any atom is -0.382 e. The van der Waals surface area contributed by atoms with Crippen LogP contribution in [0.15, 0.2) is 53.7 Å². The Morgan fingerprint density at radius 1 is 1.31 bits per heavy atom. The van der Waals surface area contributed by atoms with Gasteiger partial charge in [-0.3, -0.25) is 9.69 Å². The first-order valence-corrected chi connectivity index (χ1v) is 9.13. The second-order valence-corrected chi connectivity index (χ2v) is 6.90. The number of amides is 1. The summed E-state index contributed by atoms with van der Waals surface area (Å²) < 4.78 is 14.4. The summed E-state index contributed by atoms with van der Waals surface area (Å²) in [6, 6.07) is 13.9. The Kier molecular flexibility index (Phi) is 4.38. The van der Waals surface area contributed by atoms with E-state index in [0.29, 0.717) is 29.4 Å². The molecule has 5 nitrogen and oxygen atoms in total. The van der Waals surface area contributed by atoms with Gasteiger partial charge in [0.15, 0.2) is 5.13 Å². The van der Waals surface area contributed by atoms with Gasteiger partial charge >= 0.3 is 0 Å². The van der Waals surface area contributed by atoms with Crippen molar-refractivity contribution in [1.29, 1.82) is 0 Å². The molecule has 0 unspecified atom stereocenters. The number of nitrogens with zero attached hydrogens (tertiary/aromatic N) is 3. The highest BCUT2D eigenvalue weighted by Gasteiger charge is 2.33. The first-order chi connectivity index (χ1) is 12.7. The Hall–Kier alpha value is -2.80. The number of thiazole rings is 1. The van der Waals surface area contributed by atoms with Crippen molar-refractivity contribution in [3.05, 3.63) is 59.9 Å². The smallest absolute Gasteiger partial charge is 0.273 e. The highest BCUT2D eigenvalue weighted by atomic mass is 32.1. The molecule has 1 amide bonds. The van der Waals surface area contributed by atoms with Gasteiger partial charge in [0.25, 0.3) is 5.91 Å². The molecule has 2 heterocycles. The minimum absolute atomic E-state index is 0.193. The van der Waals surface area contributed by atoms with Crippen LogP contribution in [0.25, 0.3) is 10.2 Å². The van der Waals surface area contributed by atoms with E-state index in [1.54, 1.807) is 17.0 Å². The van der Waals surface area contributed by atoms with Crippen LogP contribution >= 0.6 is 11.3 Å². The highest BCUT2D eigenvalue weighted by Crippen LogP contribution is 2.30. The summed E-state index contributed by atoms with van der Waals surface area (Å²) in [6.45, 7) is 2.38. The average Bonchev–Trinajstić information content (AvgIpc) is 3.29. The number of likely N-dealkylation sites (N-methyl/N-ethyl adjacent to an activating group) is 1. The fourth-order valence-corrected chi connectivity index (χ4v) is 3.92. The number of oxime groups is 1. The fraction of sp³-hybridized carbons (Fsp3) is 0.211. The van der Waals surface area contributed by atoms with E-state index in [1.165, 1.54) is 23.5 Å². The highest BCUT2D eigenvalue weighted by molar-refractivity contribution is 7.22. The van der Waals surface area contributed by atoms with Gasteiger partial charge in [-0.2, -0.15) is 0 Å². The maximum absolute atomic E-state index is 13.4. The molecule has 1 aliphatic heterocycles. The van der Waals surface area contributed by atoms with E-state index in [4.69, 9.17) is 4.84 Å². The van der Waals surface area contributed by atoms with E-state index in [2.05, 4.69) is 10.1 Å². The summed E-state index contributed by atoms with van der Waals surface area (Å²) in [5.41, 5.74) is 2.06. The van der Waals surface area contributed by atoms with Crippen molar-refractivity contribution < 1.29 is 14.0 Å². The Bertz CT molecular complexity index is 968. The quantitative estimate of drug-likeness (QED) is 0.699.